The molecule has 0 bridgehead atoms. The highest BCUT2D eigenvalue weighted by molar-refractivity contribution is 5.25. The van der Waals surface area contributed by atoms with Crippen LogP contribution in [-0.2, 0) is 6.42 Å². The van der Waals surface area contributed by atoms with Crippen LogP contribution in [0.3, 0.4) is 0 Å². The molecule has 1 rings (SSSR count). The molecule has 72 valence electrons. The maximum atomic E-state index is 9.03. The molecule has 0 fully saturated rings. The Bertz CT molecular complexity index is 228. The summed E-state index contributed by atoms with van der Waals surface area (Å²) in [6.45, 7) is 0.287. The molecule has 0 unspecified atom stereocenters. The predicted octanol–water partition coefficient (Wildman–Crippen LogP) is 2.10. The summed E-state index contributed by atoms with van der Waals surface area (Å²) in [4.78, 5) is 0. The number of aliphatic hydroxyl groups excluding tert-OH is 1. The number of aryl methyl sites for hydroxylation is 1. The van der Waals surface area contributed by atoms with Crippen molar-refractivity contribution in [2.24, 2.45) is 0 Å². The van der Waals surface area contributed by atoms with Gasteiger partial charge < -0.3 is 10.2 Å². The lowest BCUT2D eigenvalue weighted by Crippen LogP contribution is -1.87. The van der Waals surface area contributed by atoms with Gasteiger partial charge in [-0.05, 0) is 37.0 Å². The van der Waals surface area contributed by atoms with Crippen molar-refractivity contribution < 1.29 is 10.2 Å². The van der Waals surface area contributed by atoms with Crippen molar-refractivity contribution >= 4 is 0 Å². The summed E-state index contributed by atoms with van der Waals surface area (Å²) in [5, 5.41) is 17.6. The average Bonchev–Trinajstić information content (AvgIpc) is 2.15. The third-order valence-corrected chi connectivity index (χ3v) is 2.06. The van der Waals surface area contributed by atoms with Gasteiger partial charge >= 0.3 is 0 Å². The van der Waals surface area contributed by atoms with E-state index in [4.69, 9.17) is 10.2 Å². The van der Waals surface area contributed by atoms with Crippen molar-refractivity contribution in [2.45, 2.75) is 25.7 Å². The van der Waals surface area contributed by atoms with Crippen LogP contribution >= 0.6 is 0 Å². The van der Waals surface area contributed by atoms with Crippen LogP contribution in [0.5, 0.6) is 5.75 Å². The van der Waals surface area contributed by atoms with Crippen LogP contribution in [0.4, 0.5) is 0 Å². The second kappa shape index (κ2) is 5.60. The summed E-state index contributed by atoms with van der Waals surface area (Å²) in [5.74, 6) is 0.319. The van der Waals surface area contributed by atoms with E-state index >= 15 is 0 Å². The zero-order valence-corrected chi connectivity index (χ0v) is 7.74. The number of unbranched alkanes of at least 4 members (excludes halogenated alkanes) is 2. The van der Waals surface area contributed by atoms with Crippen LogP contribution in [-0.4, -0.2) is 16.8 Å². The Morgan fingerprint density at radius 2 is 1.62 bits per heavy atom. The van der Waals surface area contributed by atoms with Crippen LogP contribution in [0.25, 0.3) is 0 Å². The molecular weight excluding hydrogens is 164 g/mol. The highest BCUT2D eigenvalue weighted by Crippen LogP contribution is 2.12. The molecule has 0 saturated heterocycles. The van der Waals surface area contributed by atoms with Gasteiger partial charge in [0.05, 0.1) is 0 Å². The molecule has 1 aromatic carbocycles. The lowest BCUT2D eigenvalue weighted by Gasteiger charge is -2.00. The fourth-order valence-corrected chi connectivity index (χ4v) is 1.28. The fourth-order valence-electron chi connectivity index (χ4n) is 1.28. The Hall–Kier alpha value is -1.02. The zero-order chi connectivity index (χ0) is 9.52. The first-order valence-electron chi connectivity index (χ1n) is 4.71. The molecule has 2 nitrogen and oxygen atoms in total. The maximum absolute atomic E-state index is 9.03. The third-order valence-electron chi connectivity index (χ3n) is 2.06. The Labute approximate surface area is 78.8 Å². The SMILES string of the molecule is OCCCCCc1ccc(O)cc1. The Morgan fingerprint density at radius 1 is 0.923 bits per heavy atom. The van der Waals surface area contributed by atoms with E-state index in [9.17, 15) is 0 Å². The topological polar surface area (TPSA) is 40.5 Å². The molecule has 0 radical (unpaired) electrons. The van der Waals surface area contributed by atoms with Crippen LogP contribution in [0, 0.1) is 0 Å². The van der Waals surface area contributed by atoms with Gasteiger partial charge in [-0.2, -0.15) is 0 Å². The molecular formula is C11H16O2. The summed E-state index contributed by atoms with van der Waals surface area (Å²) in [5.41, 5.74) is 1.25. The van der Waals surface area contributed by atoms with Crippen molar-refractivity contribution in [3.63, 3.8) is 0 Å². The number of benzene rings is 1. The maximum Gasteiger partial charge on any atom is 0.115 e. The van der Waals surface area contributed by atoms with E-state index < -0.39 is 0 Å². The van der Waals surface area contributed by atoms with Gasteiger partial charge in [-0.1, -0.05) is 18.6 Å². The first kappa shape index (κ1) is 10.1. The van der Waals surface area contributed by atoms with E-state index in [-0.39, 0.29) is 6.61 Å². The zero-order valence-electron chi connectivity index (χ0n) is 7.74. The summed E-state index contributed by atoms with van der Waals surface area (Å²) in [7, 11) is 0. The molecule has 0 aromatic heterocycles. The van der Waals surface area contributed by atoms with Crippen LogP contribution < -0.4 is 0 Å². The molecule has 0 spiro atoms. The fraction of sp³-hybridized carbons (Fsp3) is 0.455. The molecule has 0 aliphatic rings. The molecule has 0 amide bonds. The standard InChI is InChI=1S/C11H16O2/c12-9-3-1-2-4-10-5-7-11(13)8-6-10/h5-8,12-13H,1-4,9H2. The van der Waals surface area contributed by atoms with Crippen LogP contribution in [0.2, 0.25) is 0 Å². The van der Waals surface area contributed by atoms with E-state index in [1.807, 2.05) is 12.1 Å². The average molecular weight is 180 g/mol. The molecule has 0 atom stereocenters. The molecule has 0 heterocycles. The van der Waals surface area contributed by atoms with Gasteiger partial charge in [-0.15, -0.1) is 0 Å². The highest BCUT2D eigenvalue weighted by atomic mass is 16.3. The van der Waals surface area contributed by atoms with Crippen LogP contribution in [0.1, 0.15) is 24.8 Å². The van der Waals surface area contributed by atoms with Crippen molar-refractivity contribution in [3.8, 4) is 5.75 Å². The normalized spacial score (nSPS) is 10.2. The number of hydrogen-bond donors (Lipinski definition) is 2. The summed E-state index contributed by atoms with van der Waals surface area (Å²) in [6.07, 6.45) is 4.08. The molecule has 13 heavy (non-hydrogen) atoms. The number of rotatable bonds is 5. The van der Waals surface area contributed by atoms with Gasteiger partial charge in [0, 0.05) is 6.61 Å². The summed E-state index contributed by atoms with van der Waals surface area (Å²) < 4.78 is 0. The van der Waals surface area contributed by atoms with Gasteiger partial charge in [-0.3, -0.25) is 0 Å². The predicted molar refractivity (Wildman–Crippen MR) is 52.7 cm³/mol. The summed E-state index contributed by atoms with van der Waals surface area (Å²) in [6, 6.07) is 7.30. The van der Waals surface area contributed by atoms with Crippen molar-refractivity contribution in [3.05, 3.63) is 29.8 Å². The lowest BCUT2D eigenvalue weighted by molar-refractivity contribution is 0.283. The lowest BCUT2D eigenvalue weighted by atomic mass is 10.1. The highest BCUT2D eigenvalue weighted by Gasteiger charge is 1.93. The van der Waals surface area contributed by atoms with Crippen molar-refractivity contribution in [1.82, 2.24) is 0 Å². The van der Waals surface area contributed by atoms with Crippen molar-refractivity contribution in [2.75, 3.05) is 6.61 Å². The van der Waals surface area contributed by atoms with E-state index in [1.54, 1.807) is 12.1 Å². The van der Waals surface area contributed by atoms with Gasteiger partial charge in [0.1, 0.15) is 5.75 Å². The van der Waals surface area contributed by atoms with Crippen molar-refractivity contribution in [1.29, 1.82) is 0 Å². The van der Waals surface area contributed by atoms with E-state index in [0.29, 0.717) is 5.75 Å². The number of aromatic hydroxyl groups is 1. The van der Waals surface area contributed by atoms with Gasteiger partial charge in [0.15, 0.2) is 0 Å². The molecule has 0 aliphatic heterocycles. The van der Waals surface area contributed by atoms with E-state index in [2.05, 4.69) is 0 Å². The minimum absolute atomic E-state index is 0.287. The van der Waals surface area contributed by atoms with Gasteiger partial charge in [-0.25, -0.2) is 0 Å². The first-order chi connectivity index (χ1) is 6.33. The summed E-state index contributed by atoms with van der Waals surface area (Å²) >= 11 is 0. The second-order valence-electron chi connectivity index (χ2n) is 3.20. The molecule has 0 aliphatic carbocycles. The smallest absolute Gasteiger partial charge is 0.115 e. The monoisotopic (exact) mass is 180 g/mol. The molecule has 2 N–H and O–H groups in total. The second-order valence-corrected chi connectivity index (χ2v) is 3.20. The van der Waals surface area contributed by atoms with E-state index in [1.165, 1.54) is 5.56 Å². The number of aliphatic hydroxyl groups is 1. The van der Waals surface area contributed by atoms with E-state index in [0.717, 1.165) is 25.7 Å². The Morgan fingerprint density at radius 3 is 2.23 bits per heavy atom. The quantitative estimate of drug-likeness (QED) is 0.681. The Balaban J connectivity index is 2.25. The number of hydrogen-bond acceptors (Lipinski definition) is 2. The molecule has 1 aromatic rings. The van der Waals surface area contributed by atoms with Gasteiger partial charge in [0.2, 0.25) is 0 Å². The number of phenolic OH excluding ortho intramolecular Hbond substituents is 1. The third kappa shape index (κ3) is 3.95. The van der Waals surface area contributed by atoms with Crippen LogP contribution in [0.15, 0.2) is 24.3 Å². The first-order valence-corrected chi connectivity index (χ1v) is 4.71. The molecule has 2 heteroatoms. The Kier molecular flexibility index (Phi) is 4.33. The number of phenols is 1. The molecule has 0 saturated carbocycles. The minimum Gasteiger partial charge on any atom is -0.508 e. The minimum atomic E-state index is 0.287. The van der Waals surface area contributed by atoms with Gasteiger partial charge in [0.25, 0.3) is 0 Å². The largest absolute Gasteiger partial charge is 0.508 e.